The van der Waals surface area contributed by atoms with Crippen molar-refractivity contribution in [1.29, 1.82) is 0 Å². The third-order valence-electron chi connectivity index (χ3n) is 2.62. The van der Waals surface area contributed by atoms with Crippen LogP contribution in [-0.2, 0) is 0 Å². The van der Waals surface area contributed by atoms with Crippen molar-refractivity contribution in [2.24, 2.45) is 11.8 Å². The van der Waals surface area contributed by atoms with Crippen LogP contribution in [0.25, 0.3) is 0 Å². The second-order valence-electron chi connectivity index (χ2n) is 4.38. The molecule has 1 saturated heterocycles. The van der Waals surface area contributed by atoms with Crippen LogP contribution in [0.5, 0.6) is 0 Å². The molecule has 86 valence electrons. The summed E-state index contributed by atoms with van der Waals surface area (Å²) in [7, 11) is 0. The van der Waals surface area contributed by atoms with Gasteiger partial charge in [0.2, 0.25) is 0 Å². The molecule has 0 spiro atoms. The van der Waals surface area contributed by atoms with Crippen LogP contribution in [0.15, 0.2) is 0 Å². The monoisotopic (exact) mass is 227 g/mol. The maximum Gasteiger partial charge on any atom is 0.251 e. The molecular weight excluding hydrogens is 208 g/mol. The summed E-state index contributed by atoms with van der Waals surface area (Å²) in [5.74, 6) is -2.75. The van der Waals surface area contributed by atoms with Gasteiger partial charge in [-0.2, -0.15) is 0 Å². The Bertz CT molecular complexity index is 156. The van der Waals surface area contributed by atoms with Crippen LogP contribution in [0.1, 0.15) is 33.1 Å². The first-order chi connectivity index (χ1) is 6.02. The lowest BCUT2D eigenvalue weighted by Crippen LogP contribution is -2.38. The lowest BCUT2D eigenvalue weighted by atomic mass is 9.87. The number of alkyl halides is 2. The van der Waals surface area contributed by atoms with Gasteiger partial charge < -0.3 is 5.32 Å². The summed E-state index contributed by atoms with van der Waals surface area (Å²) in [6, 6.07) is 0. The summed E-state index contributed by atoms with van der Waals surface area (Å²) in [5.41, 5.74) is 0. The number of hydrogen-bond donors (Lipinski definition) is 1. The van der Waals surface area contributed by atoms with E-state index < -0.39 is 11.8 Å². The van der Waals surface area contributed by atoms with Crippen molar-refractivity contribution in [1.82, 2.24) is 5.32 Å². The lowest BCUT2D eigenvalue weighted by Gasteiger charge is -2.31. The zero-order chi connectivity index (χ0) is 9.90. The van der Waals surface area contributed by atoms with E-state index in [1.54, 1.807) is 0 Å². The topological polar surface area (TPSA) is 12.0 Å². The van der Waals surface area contributed by atoms with Gasteiger partial charge in [-0.3, -0.25) is 0 Å². The van der Waals surface area contributed by atoms with Gasteiger partial charge in [-0.15, -0.1) is 12.4 Å². The van der Waals surface area contributed by atoms with Crippen molar-refractivity contribution in [3.05, 3.63) is 0 Å². The highest BCUT2D eigenvalue weighted by Gasteiger charge is 2.39. The van der Waals surface area contributed by atoms with Gasteiger partial charge in [-0.05, 0) is 31.8 Å². The first kappa shape index (κ1) is 14.1. The predicted octanol–water partition coefficient (Wildman–Crippen LogP) is 3.09. The van der Waals surface area contributed by atoms with Crippen LogP contribution in [-0.4, -0.2) is 19.0 Å². The Morgan fingerprint density at radius 2 is 1.79 bits per heavy atom. The van der Waals surface area contributed by atoms with E-state index in [1.807, 2.05) is 13.8 Å². The molecule has 0 aromatic carbocycles. The summed E-state index contributed by atoms with van der Waals surface area (Å²) in [6.07, 6.45) is 1.29. The molecule has 1 nitrogen and oxygen atoms in total. The minimum Gasteiger partial charge on any atom is -0.317 e. The molecule has 0 unspecified atom stereocenters. The molecule has 4 heteroatoms. The van der Waals surface area contributed by atoms with Crippen molar-refractivity contribution >= 4 is 12.4 Å². The maximum absolute atomic E-state index is 13.5. The van der Waals surface area contributed by atoms with Gasteiger partial charge in [0.1, 0.15) is 0 Å². The normalized spacial score (nSPS) is 19.5. The smallest absolute Gasteiger partial charge is 0.251 e. The number of halogens is 3. The van der Waals surface area contributed by atoms with Crippen molar-refractivity contribution < 1.29 is 8.78 Å². The summed E-state index contributed by atoms with van der Waals surface area (Å²) in [4.78, 5) is 0. The van der Waals surface area contributed by atoms with Crippen LogP contribution >= 0.6 is 12.4 Å². The largest absolute Gasteiger partial charge is 0.317 e. The minimum absolute atomic E-state index is 0. The Kier molecular flexibility index (Phi) is 5.91. The molecule has 1 heterocycles. The number of nitrogens with one attached hydrogen (secondary N) is 1. The average molecular weight is 228 g/mol. The van der Waals surface area contributed by atoms with Crippen LogP contribution in [0.2, 0.25) is 0 Å². The third-order valence-corrected chi connectivity index (χ3v) is 2.62. The van der Waals surface area contributed by atoms with E-state index >= 15 is 0 Å². The van der Waals surface area contributed by atoms with Crippen molar-refractivity contribution in [3.63, 3.8) is 0 Å². The zero-order valence-corrected chi connectivity index (χ0v) is 9.67. The molecule has 1 rings (SSSR count). The Hall–Kier alpha value is 0.110. The predicted molar refractivity (Wildman–Crippen MR) is 57.2 cm³/mol. The van der Waals surface area contributed by atoms with E-state index in [-0.39, 0.29) is 24.7 Å². The molecule has 0 amide bonds. The second kappa shape index (κ2) is 5.86. The van der Waals surface area contributed by atoms with Crippen molar-refractivity contribution in [2.45, 2.75) is 39.0 Å². The first-order valence-corrected chi connectivity index (χ1v) is 5.11. The van der Waals surface area contributed by atoms with Crippen LogP contribution in [0.4, 0.5) is 8.78 Å². The second-order valence-corrected chi connectivity index (χ2v) is 4.38. The fourth-order valence-electron chi connectivity index (χ4n) is 1.96. The molecule has 0 saturated carbocycles. The van der Waals surface area contributed by atoms with E-state index in [1.165, 1.54) is 0 Å². The average Bonchev–Trinajstić information content (AvgIpc) is 2.04. The van der Waals surface area contributed by atoms with E-state index in [2.05, 4.69) is 5.32 Å². The molecule has 1 fully saturated rings. The van der Waals surface area contributed by atoms with Crippen molar-refractivity contribution in [3.8, 4) is 0 Å². The quantitative estimate of drug-likeness (QED) is 0.782. The van der Waals surface area contributed by atoms with Crippen LogP contribution < -0.4 is 5.32 Å². The van der Waals surface area contributed by atoms with Gasteiger partial charge in [-0.1, -0.05) is 13.8 Å². The Morgan fingerprint density at radius 3 is 2.21 bits per heavy atom. The molecule has 1 aliphatic rings. The zero-order valence-electron chi connectivity index (χ0n) is 8.85. The molecule has 0 aromatic heterocycles. The minimum atomic E-state index is -2.45. The summed E-state index contributed by atoms with van der Waals surface area (Å²) >= 11 is 0. The Balaban J connectivity index is 0.00000169. The Labute approximate surface area is 91.1 Å². The first-order valence-electron chi connectivity index (χ1n) is 5.11. The van der Waals surface area contributed by atoms with E-state index in [0.29, 0.717) is 12.8 Å². The van der Waals surface area contributed by atoms with E-state index in [4.69, 9.17) is 0 Å². The lowest BCUT2D eigenvalue weighted by molar-refractivity contribution is -0.0834. The van der Waals surface area contributed by atoms with Crippen LogP contribution in [0.3, 0.4) is 0 Å². The van der Waals surface area contributed by atoms with E-state index in [0.717, 1.165) is 13.1 Å². The summed E-state index contributed by atoms with van der Waals surface area (Å²) in [6.45, 7) is 5.21. The van der Waals surface area contributed by atoms with E-state index in [9.17, 15) is 8.78 Å². The molecule has 14 heavy (non-hydrogen) atoms. The summed E-state index contributed by atoms with van der Waals surface area (Å²) in [5, 5.41) is 3.11. The third kappa shape index (κ3) is 4.09. The summed E-state index contributed by atoms with van der Waals surface area (Å²) < 4.78 is 27.1. The molecule has 0 aliphatic carbocycles. The molecule has 0 atom stereocenters. The molecular formula is C10H20ClF2N. The Morgan fingerprint density at radius 1 is 1.29 bits per heavy atom. The molecule has 1 aliphatic heterocycles. The molecule has 0 aromatic rings. The SMILES string of the molecule is CC(C)CC(F)(F)C1CCNCC1.Cl. The number of rotatable bonds is 3. The molecule has 0 radical (unpaired) electrons. The molecule has 0 bridgehead atoms. The fourth-order valence-corrected chi connectivity index (χ4v) is 1.96. The van der Waals surface area contributed by atoms with Gasteiger partial charge >= 0.3 is 0 Å². The number of hydrogen-bond acceptors (Lipinski definition) is 1. The fraction of sp³-hybridized carbons (Fsp3) is 1.00. The molecule has 1 N–H and O–H groups in total. The number of piperidine rings is 1. The van der Waals surface area contributed by atoms with Crippen LogP contribution in [0, 0.1) is 11.8 Å². The van der Waals surface area contributed by atoms with Gasteiger partial charge in [-0.25, -0.2) is 8.78 Å². The van der Waals surface area contributed by atoms with Gasteiger partial charge in [0.15, 0.2) is 0 Å². The van der Waals surface area contributed by atoms with Crippen molar-refractivity contribution in [2.75, 3.05) is 13.1 Å². The highest BCUT2D eigenvalue weighted by molar-refractivity contribution is 5.85. The highest BCUT2D eigenvalue weighted by atomic mass is 35.5. The standard InChI is InChI=1S/C10H19F2N.ClH/c1-8(2)7-10(11,12)9-3-5-13-6-4-9;/h8-9,13H,3-7H2,1-2H3;1H. The van der Waals surface area contributed by atoms with Gasteiger partial charge in [0.05, 0.1) is 0 Å². The van der Waals surface area contributed by atoms with Gasteiger partial charge in [0, 0.05) is 12.3 Å². The highest BCUT2D eigenvalue weighted by Crippen LogP contribution is 2.36. The maximum atomic E-state index is 13.5. The van der Waals surface area contributed by atoms with Gasteiger partial charge in [0.25, 0.3) is 5.92 Å².